The van der Waals surface area contributed by atoms with Crippen LogP contribution in [0.25, 0.3) is 22.0 Å². The SMILES string of the molecule is CC(C)CN1CCC(NC(=O)c2n[nH]c3ccc(-c4cncc(CN(C)C)c4)cc23)CC1. The maximum atomic E-state index is 13.0. The smallest absolute Gasteiger partial charge is 0.272 e. The molecule has 0 atom stereocenters. The lowest BCUT2D eigenvalue weighted by Crippen LogP contribution is -2.45. The fourth-order valence-electron chi connectivity index (χ4n) is 4.49. The third-order valence-corrected chi connectivity index (χ3v) is 5.95. The Balaban J connectivity index is 1.49. The molecule has 1 aliphatic heterocycles. The largest absolute Gasteiger partial charge is 0.348 e. The molecule has 0 bridgehead atoms. The Labute approximate surface area is 190 Å². The lowest BCUT2D eigenvalue weighted by Gasteiger charge is -2.33. The third kappa shape index (κ3) is 5.34. The van der Waals surface area contributed by atoms with E-state index in [9.17, 15) is 4.79 Å². The molecule has 3 heterocycles. The Bertz CT molecular complexity index is 1070. The molecule has 2 aromatic heterocycles. The number of piperidine rings is 1. The molecule has 0 saturated carbocycles. The monoisotopic (exact) mass is 434 g/mol. The minimum absolute atomic E-state index is 0.102. The fourth-order valence-corrected chi connectivity index (χ4v) is 4.49. The van der Waals surface area contributed by atoms with Crippen LogP contribution in [-0.2, 0) is 6.54 Å². The molecule has 0 unspecified atom stereocenters. The van der Waals surface area contributed by atoms with Gasteiger partial charge in [0.2, 0.25) is 0 Å². The summed E-state index contributed by atoms with van der Waals surface area (Å²) < 4.78 is 0. The first kappa shape index (κ1) is 22.4. The summed E-state index contributed by atoms with van der Waals surface area (Å²) in [5.74, 6) is 0.569. The van der Waals surface area contributed by atoms with Crippen LogP contribution in [0.4, 0.5) is 0 Å². The molecular weight excluding hydrogens is 400 g/mol. The van der Waals surface area contributed by atoms with Gasteiger partial charge < -0.3 is 15.1 Å². The van der Waals surface area contributed by atoms with Crippen molar-refractivity contribution in [3.05, 3.63) is 47.9 Å². The molecule has 1 aromatic carbocycles. The van der Waals surface area contributed by atoms with Crippen LogP contribution < -0.4 is 5.32 Å². The van der Waals surface area contributed by atoms with Crippen molar-refractivity contribution in [3.8, 4) is 11.1 Å². The Hall–Kier alpha value is -2.77. The summed E-state index contributed by atoms with van der Waals surface area (Å²) in [5, 5.41) is 11.4. The molecule has 1 saturated heterocycles. The fraction of sp³-hybridized carbons (Fsp3) is 0.480. The minimum atomic E-state index is -0.102. The molecule has 1 amide bonds. The van der Waals surface area contributed by atoms with E-state index in [-0.39, 0.29) is 11.9 Å². The Kier molecular flexibility index (Phi) is 6.86. The molecule has 7 nitrogen and oxygen atoms in total. The lowest BCUT2D eigenvalue weighted by atomic mass is 10.0. The van der Waals surface area contributed by atoms with E-state index in [1.54, 1.807) is 0 Å². The molecule has 3 aromatic rings. The molecule has 170 valence electrons. The number of likely N-dealkylation sites (tertiary alicyclic amines) is 1. The number of fused-ring (bicyclic) bond motifs is 1. The summed E-state index contributed by atoms with van der Waals surface area (Å²) >= 11 is 0. The molecule has 0 spiro atoms. The number of nitrogens with zero attached hydrogens (tertiary/aromatic N) is 4. The normalized spacial score (nSPS) is 15.7. The summed E-state index contributed by atoms with van der Waals surface area (Å²) in [4.78, 5) is 22.1. The average molecular weight is 435 g/mol. The van der Waals surface area contributed by atoms with E-state index in [0.29, 0.717) is 11.6 Å². The maximum Gasteiger partial charge on any atom is 0.272 e. The molecule has 32 heavy (non-hydrogen) atoms. The predicted molar refractivity (Wildman–Crippen MR) is 128 cm³/mol. The standard InChI is InChI=1S/C25H34N6O/c1-17(2)15-31-9-7-21(8-10-31)27-25(32)24-22-12-19(5-6-23(22)28-29-24)20-11-18(13-26-14-20)16-30(3)4/h5-6,11-14,17,21H,7-10,15-16H2,1-4H3,(H,27,32)(H,28,29). The van der Waals surface area contributed by atoms with Crippen LogP contribution in [0.3, 0.4) is 0 Å². The number of aromatic nitrogens is 3. The van der Waals surface area contributed by atoms with Crippen LogP contribution >= 0.6 is 0 Å². The van der Waals surface area contributed by atoms with Crippen LogP contribution in [0, 0.1) is 5.92 Å². The van der Waals surface area contributed by atoms with Crippen molar-refractivity contribution < 1.29 is 4.79 Å². The van der Waals surface area contributed by atoms with Crippen molar-refractivity contribution >= 4 is 16.8 Å². The first-order chi connectivity index (χ1) is 15.4. The van der Waals surface area contributed by atoms with E-state index in [1.807, 2.05) is 44.7 Å². The number of rotatable bonds is 7. The number of H-pyrrole nitrogens is 1. The van der Waals surface area contributed by atoms with Gasteiger partial charge in [0.1, 0.15) is 0 Å². The second-order valence-electron chi connectivity index (χ2n) is 9.59. The molecule has 7 heteroatoms. The lowest BCUT2D eigenvalue weighted by molar-refractivity contribution is 0.0904. The van der Waals surface area contributed by atoms with Crippen LogP contribution in [0.1, 0.15) is 42.7 Å². The Morgan fingerprint density at radius 1 is 1.19 bits per heavy atom. The number of hydrogen-bond acceptors (Lipinski definition) is 5. The van der Waals surface area contributed by atoms with Crippen LogP contribution in [0.2, 0.25) is 0 Å². The van der Waals surface area contributed by atoms with Crippen molar-refractivity contribution in [1.29, 1.82) is 0 Å². The van der Waals surface area contributed by atoms with Gasteiger partial charge in [-0.15, -0.1) is 0 Å². The first-order valence-corrected chi connectivity index (χ1v) is 11.5. The van der Waals surface area contributed by atoms with Gasteiger partial charge in [0.05, 0.1) is 5.52 Å². The predicted octanol–water partition coefficient (Wildman–Crippen LogP) is 3.54. The van der Waals surface area contributed by atoms with Crippen LogP contribution in [0.5, 0.6) is 0 Å². The zero-order chi connectivity index (χ0) is 22.7. The van der Waals surface area contributed by atoms with E-state index >= 15 is 0 Å². The van der Waals surface area contributed by atoms with E-state index in [4.69, 9.17) is 0 Å². The highest BCUT2D eigenvalue weighted by atomic mass is 16.2. The van der Waals surface area contributed by atoms with Gasteiger partial charge in [-0.05, 0) is 62.2 Å². The molecule has 4 rings (SSSR count). The average Bonchev–Trinajstić information content (AvgIpc) is 3.18. The second-order valence-corrected chi connectivity index (χ2v) is 9.59. The van der Waals surface area contributed by atoms with E-state index in [1.165, 1.54) is 0 Å². The second kappa shape index (κ2) is 9.79. The highest BCUT2D eigenvalue weighted by Gasteiger charge is 2.23. The molecule has 1 fully saturated rings. The van der Waals surface area contributed by atoms with E-state index in [2.05, 4.69) is 50.2 Å². The highest BCUT2D eigenvalue weighted by molar-refractivity contribution is 6.05. The molecular formula is C25H34N6O. The summed E-state index contributed by atoms with van der Waals surface area (Å²) in [5.41, 5.74) is 4.55. The number of hydrogen-bond donors (Lipinski definition) is 2. The molecule has 0 radical (unpaired) electrons. The number of amides is 1. The third-order valence-electron chi connectivity index (χ3n) is 5.95. The van der Waals surface area contributed by atoms with Crippen molar-refractivity contribution in [2.45, 2.75) is 39.3 Å². The quantitative estimate of drug-likeness (QED) is 0.595. The summed E-state index contributed by atoms with van der Waals surface area (Å²) in [6.45, 7) is 8.52. The Morgan fingerprint density at radius 2 is 1.97 bits per heavy atom. The van der Waals surface area contributed by atoms with Gasteiger partial charge in [0.25, 0.3) is 5.91 Å². The Morgan fingerprint density at radius 3 is 2.69 bits per heavy atom. The van der Waals surface area contributed by atoms with Gasteiger partial charge >= 0.3 is 0 Å². The highest BCUT2D eigenvalue weighted by Crippen LogP contribution is 2.26. The molecule has 2 N–H and O–H groups in total. The van der Waals surface area contributed by atoms with Gasteiger partial charge in [-0.2, -0.15) is 5.10 Å². The van der Waals surface area contributed by atoms with Gasteiger partial charge in [0, 0.05) is 55.6 Å². The van der Waals surface area contributed by atoms with Gasteiger partial charge in [0.15, 0.2) is 5.69 Å². The number of pyridine rings is 1. The van der Waals surface area contributed by atoms with Crippen molar-refractivity contribution in [2.75, 3.05) is 33.7 Å². The number of carbonyl (C=O) groups excluding carboxylic acids is 1. The number of aromatic amines is 1. The van der Waals surface area contributed by atoms with Crippen molar-refractivity contribution in [1.82, 2.24) is 30.3 Å². The summed E-state index contributed by atoms with van der Waals surface area (Å²) in [7, 11) is 4.09. The van der Waals surface area contributed by atoms with Crippen molar-refractivity contribution in [2.24, 2.45) is 5.92 Å². The zero-order valence-electron chi connectivity index (χ0n) is 19.6. The summed E-state index contributed by atoms with van der Waals surface area (Å²) in [6.07, 6.45) is 5.73. The number of nitrogens with one attached hydrogen (secondary N) is 2. The number of carbonyl (C=O) groups is 1. The zero-order valence-corrected chi connectivity index (χ0v) is 19.6. The molecule has 0 aliphatic carbocycles. The topological polar surface area (TPSA) is 77.1 Å². The van der Waals surface area contributed by atoms with E-state index in [0.717, 1.165) is 66.6 Å². The van der Waals surface area contributed by atoms with Gasteiger partial charge in [-0.3, -0.25) is 14.9 Å². The number of benzene rings is 1. The maximum absolute atomic E-state index is 13.0. The molecule has 1 aliphatic rings. The van der Waals surface area contributed by atoms with Gasteiger partial charge in [-0.1, -0.05) is 19.9 Å². The van der Waals surface area contributed by atoms with Crippen molar-refractivity contribution in [3.63, 3.8) is 0 Å². The summed E-state index contributed by atoms with van der Waals surface area (Å²) in [6, 6.07) is 8.42. The first-order valence-electron chi connectivity index (χ1n) is 11.5. The van der Waals surface area contributed by atoms with Crippen LogP contribution in [-0.4, -0.2) is 70.7 Å². The van der Waals surface area contributed by atoms with Gasteiger partial charge in [-0.25, -0.2) is 0 Å². The van der Waals surface area contributed by atoms with Crippen LogP contribution in [0.15, 0.2) is 36.7 Å². The van der Waals surface area contributed by atoms with E-state index < -0.39 is 0 Å². The minimum Gasteiger partial charge on any atom is -0.348 e.